The largest absolute Gasteiger partial charge is 0.395 e. The van der Waals surface area contributed by atoms with E-state index in [-0.39, 0.29) is 13.2 Å². The molecule has 0 atom stereocenters. The smallest absolute Gasteiger partial charge is 0.251 e. The average Bonchev–Trinajstić information content (AvgIpc) is 1.81. The molecule has 0 heterocycles. The fraction of sp³-hybridized carbons (Fsp3) is 1.00. The molecule has 0 aromatic carbocycles. The van der Waals surface area contributed by atoms with Gasteiger partial charge in [0.05, 0.1) is 13.2 Å². The molecule has 1 saturated carbocycles. The van der Waals surface area contributed by atoms with Crippen LogP contribution in [0.5, 0.6) is 0 Å². The van der Waals surface area contributed by atoms with E-state index < -0.39 is 6.43 Å². The number of alkyl halides is 2. The number of aliphatic hydroxyl groups is 1. The predicted molar refractivity (Wildman–Crippen MR) is 42.3 cm³/mol. The molecule has 0 aromatic heterocycles. The zero-order valence-electron chi connectivity index (χ0n) is 7.05. The van der Waals surface area contributed by atoms with Crippen LogP contribution in [0.4, 0.5) is 8.78 Å². The monoisotopic (exact) mass is 179 g/mol. The van der Waals surface area contributed by atoms with Crippen molar-refractivity contribution in [1.82, 2.24) is 4.90 Å². The number of aliphatic hydroxyl groups excluding tert-OH is 1. The number of rotatable bonds is 5. The molecule has 0 radical (unpaired) electrons. The van der Waals surface area contributed by atoms with E-state index in [0.29, 0.717) is 12.6 Å². The molecule has 0 saturated heterocycles. The second-order valence-corrected chi connectivity index (χ2v) is 3.19. The van der Waals surface area contributed by atoms with E-state index in [4.69, 9.17) is 5.11 Å². The second-order valence-electron chi connectivity index (χ2n) is 3.19. The first kappa shape index (κ1) is 9.86. The van der Waals surface area contributed by atoms with Gasteiger partial charge in [-0.05, 0) is 12.8 Å². The van der Waals surface area contributed by atoms with Crippen LogP contribution in [0, 0.1) is 0 Å². The summed E-state index contributed by atoms with van der Waals surface area (Å²) in [5.41, 5.74) is 0. The average molecular weight is 179 g/mol. The summed E-state index contributed by atoms with van der Waals surface area (Å²) in [4.78, 5) is 1.69. The third kappa shape index (κ3) is 2.68. The minimum atomic E-state index is -2.28. The summed E-state index contributed by atoms with van der Waals surface area (Å²) in [6.45, 7) is 0.170. The first-order valence-corrected chi connectivity index (χ1v) is 4.37. The van der Waals surface area contributed by atoms with Gasteiger partial charge in [0.15, 0.2) is 0 Å². The van der Waals surface area contributed by atoms with E-state index >= 15 is 0 Å². The van der Waals surface area contributed by atoms with Crippen molar-refractivity contribution in [3.05, 3.63) is 0 Å². The van der Waals surface area contributed by atoms with E-state index in [1.807, 2.05) is 0 Å². The van der Waals surface area contributed by atoms with Gasteiger partial charge >= 0.3 is 0 Å². The van der Waals surface area contributed by atoms with Crippen LogP contribution in [-0.2, 0) is 0 Å². The molecule has 1 aliphatic carbocycles. The van der Waals surface area contributed by atoms with Crippen LogP contribution in [-0.4, -0.2) is 42.2 Å². The third-order valence-electron chi connectivity index (χ3n) is 2.35. The lowest BCUT2D eigenvalue weighted by Crippen LogP contribution is -2.44. The molecule has 0 unspecified atom stereocenters. The lowest BCUT2D eigenvalue weighted by molar-refractivity contribution is 0.0319. The van der Waals surface area contributed by atoms with Crippen LogP contribution >= 0.6 is 0 Å². The predicted octanol–water partition coefficient (Wildman–Crippen LogP) is 1.10. The minimum Gasteiger partial charge on any atom is -0.395 e. The van der Waals surface area contributed by atoms with Crippen LogP contribution < -0.4 is 0 Å². The second kappa shape index (κ2) is 4.72. The lowest BCUT2D eigenvalue weighted by Gasteiger charge is -2.36. The van der Waals surface area contributed by atoms with E-state index in [9.17, 15) is 8.78 Å². The normalized spacial score (nSPS) is 18.8. The highest BCUT2D eigenvalue weighted by atomic mass is 19.3. The van der Waals surface area contributed by atoms with Crippen molar-refractivity contribution >= 4 is 0 Å². The van der Waals surface area contributed by atoms with Crippen molar-refractivity contribution in [1.29, 1.82) is 0 Å². The maximum Gasteiger partial charge on any atom is 0.251 e. The van der Waals surface area contributed by atoms with Crippen molar-refractivity contribution in [3.8, 4) is 0 Å². The Morgan fingerprint density at radius 2 is 2.08 bits per heavy atom. The van der Waals surface area contributed by atoms with E-state index in [2.05, 4.69) is 0 Å². The fourth-order valence-corrected chi connectivity index (χ4v) is 1.48. The summed E-state index contributed by atoms with van der Waals surface area (Å²) in [5.74, 6) is 0. The Morgan fingerprint density at radius 1 is 1.42 bits per heavy atom. The zero-order chi connectivity index (χ0) is 8.97. The maximum atomic E-state index is 12.0. The molecule has 0 aromatic rings. The van der Waals surface area contributed by atoms with Crippen LogP contribution in [0.2, 0.25) is 0 Å². The van der Waals surface area contributed by atoms with Gasteiger partial charge in [-0.3, -0.25) is 4.90 Å². The fourth-order valence-electron chi connectivity index (χ4n) is 1.48. The summed E-state index contributed by atoms with van der Waals surface area (Å²) in [6, 6.07) is 0.297. The molecule has 0 aliphatic heterocycles. The van der Waals surface area contributed by atoms with Crippen molar-refractivity contribution in [3.63, 3.8) is 0 Å². The van der Waals surface area contributed by atoms with Gasteiger partial charge in [0.1, 0.15) is 0 Å². The number of hydrogen-bond acceptors (Lipinski definition) is 2. The van der Waals surface area contributed by atoms with Gasteiger partial charge in [0.2, 0.25) is 0 Å². The summed E-state index contributed by atoms with van der Waals surface area (Å²) < 4.78 is 24.0. The van der Waals surface area contributed by atoms with Crippen LogP contribution in [0.15, 0.2) is 0 Å². The van der Waals surface area contributed by atoms with Gasteiger partial charge in [-0.1, -0.05) is 6.42 Å². The highest BCUT2D eigenvalue weighted by Crippen LogP contribution is 2.24. The molecule has 72 valence electrons. The quantitative estimate of drug-likeness (QED) is 0.683. The Kier molecular flexibility index (Phi) is 3.88. The molecule has 1 aliphatic rings. The van der Waals surface area contributed by atoms with Gasteiger partial charge in [-0.15, -0.1) is 0 Å². The minimum absolute atomic E-state index is 0.0246. The Morgan fingerprint density at radius 3 is 2.42 bits per heavy atom. The molecule has 1 fully saturated rings. The molecule has 1 N–H and O–H groups in total. The third-order valence-corrected chi connectivity index (χ3v) is 2.35. The van der Waals surface area contributed by atoms with Crippen molar-refractivity contribution < 1.29 is 13.9 Å². The highest BCUT2D eigenvalue weighted by molar-refractivity contribution is 4.80. The molecule has 12 heavy (non-hydrogen) atoms. The van der Waals surface area contributed by atoms with Gasteiger partial charge in [0.25, 0.3) is 6.43 Å². The summed E-state index contributed by atoms with van der Waals surface area (Å²) >= 11 is 0. The Labute approximate surface area is 71.2 Å². The first-order valence-electron chi connectivity index (χ1n) is 4.37. The topological polar surface area (TPSA) is 23.5 Å². The molecular formula is C8H15F2NO. The number of nitrogens with zero attached hydrogens (tertiary/aromatic N) is 1. The molecule has 4 heteroatoms. The lowest BCUT2D eigenvalue weighted by atomic mass is 9.91. The molecule has 1 rings (SSSR count). The zero-order valence-corrected chi connectivity index (χ0v) is 7.05. The SMILES string of the molecule is OCCN(CC(F)F)C1CCC1. The summed E-state index contributed by atoms with van der Waals surface area (Å²) in [7, 11) is 0. The Balaban J connectivity index is 2.26. The Hall–Kier alpha value is -0.220. The van der Waals surface area contributed by atoms with Crippen LogP contribution in [0.25, 0.3) is 0 Å². The molecule has 0 bridgehead atoms. The molecule has 0 amide bonds. The van der Waals surface area contributed by atoms with Crippen LogP contribution in [0.3, 0.4) is 0 Å². The number of hydrogen-bond donors (Lipinski definition) is 1. The summed E-state index contributed by atoms with van der Waals surface area (Å²) in [6.07, 6.45) is 0.868. The van der Waals surface area contributed by atoms with E-state index in [1.54, 1.807) is 4.90 Å². The molecular weight excluding hydrogens is 164 g/mol. The van der Waals surface area contributed by atoms with Gasteiger partial charge < -0.3 is 5.11 Å². The first-order chi connectivity index (χ1) is 5.74. The number of halogens is 2. The van der Waals surface area contributed by atoms with Crippen molar-refractivity contribution in [2.75, 3.05) is 19.7 Å². The van der Waals surface area contributed by atoms with Crippen molar-refractivity contribution in [2.24, 2.45) is 0 Å². The molecule has 2 nitrogen and oxygen atoms in total. The maximum absolute atomic E-state index is 12.0. The standard InChI is InChI=1S/C8H15F2NO/c9-8(10)6-11(4-5-12)7-2-1-3-7/h7-8,12H,1-6H2. The van der Waals surface area contributed by atoms with Gasteiger partial charge in [0, 0.05) is 12.6 Å². The molecule has 0 spiro atoms. The van der Waals surface area contributed by atoms with E-state index in [1.165, 1.54) is 0 Å². The van der Waals surface area contributed by atoms with E-state index in [0.717, 1.165) is 19.3 Å². The van der Waals surface area contributed by atoms with Crippen molar-refractivity contribution in [2.45, 2.75) is 31.7 Å². The van der Waals surface area contributed by atoms with Gasteiger partial charge in [-0.25, -0.2) is 8.78 Å². The highest BCUT2D eigenvalue weighted by Gasteiger charge is 2.26. The van der Waals surface area contributed by atoms with Crippen LogP contribution in [0.1, 0.15) is 19.3 Å². The summed E-state index contributed by atoms with van der Waals surface area (Å²) in [5, 5.41) is 8.63. The Bertz CT molecular complexity index is 128. The van der Waals surface area contributed by atoms with Gasteiger partial charge in [-0.2, -0.15) is 0 Å².